The number of carbonyl (C=O) groups excluding carboxylic acids is 1. The van der Waals surface area contributed by atoms with Crippen LogP contribution in [0.3, 0.4) is 0 Å². The average Bonchev–Trinajstić information content (AvgIpc) is 3.32. The van der Waals surface area contributed by atoms with Gasteiger partial charge in [-0.05, 0) is 79.7 Å². The summed E-state index contributed by atoms with van der Waals surface area (Å²) in [6.45, 7) is 4.54. The Morgan fingerprint density at radius 1 is 1.17 bits per heavy atom. The van der Waals surface area contributed by atoms with Gasteiger partial charge in [-0.3, -0.25) is 4.79 Å². The zero-order valence-electron chi connectivity index (χ0n) is 16.4. The molecule has 0 spiro atoms. The largest absolute Gasteiger partial charge is 0.494 e. The Kier molecular flexibility index (Phi) is 5.97. The van der Waals surface area contributed by atoms with E-state index in [4.69, 9.17) is 20.8 Å². The molecule has 30 heavy (non-hydrogen) atoms. The predicted octanol–water partition coefficient (Wildman–Crippen LogP) is 6.20. The number of hydrogen-bond acceptors (Lipinski definition) is 5. The molecule has 0 aliphatic carbocycles. The first-order valence-corrected chi connectivity index (χ1v) is 10.6. The van der Waals surface area contributed by atoms with Gasteiger partial charge in [0.05, 0.1) is 17.2 Å². The highest BCUT2D eigenvalue weighted by molar-refractivity contribution is 8.18. The Labute approximate surface area is 183 Å². The van der Waals surface area contributed by atoms with Gasteiger partial charge in [0.25, 0.3) is 5.91 Å². The second-order valence-corrected chi connectivity index (χ2v) is 8.04. The second-order valence-electron chi connectivity index (χ2n) is 6.57. The lowest BCUT2D eigenvalue weighted by Gasteiger charge is -2.02. The van der Waals surface area contributed by atoms with Gasteiger partial charge in [-0.15, -0.1) is 0 Å². The topological polar surface area (TPSA) is 63.8 Å². The number of aryl methyl sites for hydroxylation is 1. The summed E-state index contributed by atoms with van der Waals surface area (Å²) in [5.41, 5.74) is 2.72. The van der Waals surface area contributed by atoms with Crippen LogP contribution in [0.2, 0.25) is 5.02 Å². The molecule has 152 valence electrons. The van der Waals surface area contributed by atoms with Gasteiger partial charge in [0.15, 0.2) is 5.17 Å². The molecule has 1 aliphatic heterocycles. The smallest absolute Gasteiger partial charge is 0.264 e. The normalized spacial score (nSPS) is 16.3. The van der Waals surface area contributed by atoms with Crippen LogP contribution in [0.15, 0.2) is 68.9 Å². The summed E-state index contributed by atoms with van der Waals surface area (Å²) in [6.07, 6.45) is 1.71. The van der Waals surface area contributed by atoms with Crippen molar-refractivity contribution in [2.75, 3.05) is 6.61 Å². The van der Waals surface area contributed by atoms with Gasteiger partial charge in [0.1, 0.15) is 17.3 Å². The summed E-state index contributed by atoms with van der Waals surface area (Å²) in [6, 6.07) is 16.8. The number of furan rings is 1. The van der Waals surface area contributed by atoms with Crippen molar-refractivity contribution >= 4 is 46.2 Å². The third kappa shape index (κ3) is 4.61. The third-order valence-corrected chi connectivity index (χ3v) is 5.54. The van der Waals surface area contributed by atoms with Gasteiger partial charge in [0, 0.05) is 16.7 Å². The molecule has 0 bridgehead atoms. The number of benzene rings is 2. The Balaban J connectivity index is 1.52. The van der Waals surface area contributed by atoms with Gasteiger partial charge in [0.2, 0.25) is 0 Å². The first kappa shape index (κ1) is 20.3. The quantitative estimate of drug-likeness (QED) is 0.482. The molecular formula is C23H19ClN2O3S. The van der Waals surface area contributed by atoms with Crippen LogP contribution in [-0.4, -0.2) is 17.7 Å². The van der Waals surface area contributed by atoms with Gasteiger partial charge in [-0.2, -0.15) is 0 Å². The number of amidine groups is 1. The molecule has 3 aromatic rings. The molecule has 1 amide bonds. The summed E-state index contributed by atoms with van der Waals surface area (Å²) in [7, 11) is 0. The minimum atomic E-state index is -0.207. The molecule has 0 radical (unpaired) electrons. The number of nitrogens with one attached hydrogen (secondary N) is 1. The summed E-state index contributed by atoms with van der Waals surface area (Å²) in [5.74, 6) is 1.87. The standard InChI is InChI=1S/C23H19ClN2O3S/c1-3-28-17-8-6-16(7-9-17)25-23-26-22(27)21(30-23)13-18-10-11-20(29-18)19-12-15(24)5-4-14(19)2/h4-13H,3H2,1-2H3,(H,25,26,27)/b21-13+. The van der Waals surface area contributed by atoms with Gasteiger partial charge >= 0.3 is 0 Å². The van der Waals surface area contributed by atoms with Crippen molar-refractivity contribution in [3.63, 3.8) is 0 Å². The zero-order valence-corrected chi connectivity index (χ0v) is 18.0. The molecule has 0 saturated carbocycles. The van der Waals surface area contributed by atoms with E-state index in [1.165, 1.54) is 11.8 Å². The monoisotopic (exact) mass is 438 g/mol. The van der Waals surface area contributed by atoms with Crippen LogP contribution in [0.25, 0.3) is 17.4 Å². The number of carbonyl (C=O) groups is 1. The fourth-order valence-electron chi connectivity index (χ4n) is 2.95. The van der Waals surface area contributed by atoms with E-state index in [1.807, 2.05) is 68.4 Å². The summed E-state index contributed by atoms with van der Waals surface area (Å²) in [5, 5.41) is 3.95. The Hall–Kier alpha value is -2.96. The van der Waals surface area contributed by atoms with Crippen molar-refractivity contribution in [1.82, 2.24) is 5.32 Å². The minimum Gasteiger partial charge on any atom is -0.494 e. The van der Waals surface area contributed by atoms with Gasteiger partial charge in [-0.1, -0.05) is 17.7 Å². The van der Waals surface area contributed by atoms with E-state index in [0.717, 1.165) is 22.6 Å². The number of nitrogens with zero attached hydrogens (tertiary/aromatic N) is 1. The lowest BCUT2D eigenvalue weighted by molar-refractivity contribution is -0.115. The molecule has 4 rings (SSSR count). The number of halogens is 1. The molecule has 1 aliphatic rings. The second kappa shape index (κ2) is 8.81. The minimum absolute atomic E-state index is 0.207. The van der Waals surface area contributed by atoms with Gasteiger partial charge in [-0.25, -0.2) is 4.99 Å². The maximum atomic E-state index is 12.3. The number of amides is 1. The highest BCUT2D eigenvalue weighted by Gasteiger charge is 2.24. The van der Waals surface area contributed by atoms with Crippen molar-refractivity contribution < 1.29 is 13.9 Å². The van der Waals surface area contributed by atoms with Gasteiger partial charge < -0.3 is 14.5 Å². The van der Waals surface area contributed by atoms with E-state index in [0.29, 0.717) is 33.2 Å². The Morgan fingerprint density at radius 3 is 2.73 bits per heavy atom. The molecule has 1 N–H and O–H groups in total. The van der Waals surface area contributed by atoms with Crippen molar-refractivity contribution in [3.8, 4) is 17.1 Å². The molecular weight excluding hydrogens is 420 g/mol. The molecule has 1 fully saturated rings. The fourth-order valence-corrected chi connectivity index (χ4v) is 3.94. The van der Waals surface area contributed by atoms with Crippen LogP contribution in [0, 0.1) is 6.92 Å². The summed E-state index contributed by atoms with van der Waals surface area (Å²) >= 11 is 7.38. The Bertz CT molecular complexity index is 1150. The molecule has 5 nitrogen and oxygen atoms in total. The van der Waals surface area contributed by atoms with Crippen LogP contribution < -0.4 is 10.1 Å². The van der Waals surface area contributed by atoms with Crippen LogP contribution in [0.5, 0.6) is 5.75 Å². The van der Waals surface area contributed by atoms with E-state index < -0.39 is 0 Å². The fraction of sp³-hybridized carbons (Fsp3) is 0.130. The van der Waals surface area contributed by atoms with Crippen LogP contribution in [0.1, 0.15) is 18.2 Å². The maximum Gasteiger partial charge on any atom is 0.264 e. The number of aliphatic imine (C=N–C) groups is 1. The number of rotatable bonds is 5. The number of ether oxygens (including phenoxy) is 1. The molecule has 0 unspecified atom stereocenters. The van der Waals surface area contributed by atoms with Crippen LogP contribution in [0.4, 0.5) is 5.69 Å². The van der Waals surface area contributed by atoms with Crippen LogP contribution >= 0.6 is 23.4 Å². The van der Waals surface area contributed by atoms with Crippen molar-refractivity contribution in [3.05, 3.63) is 75.8 Å². The predicted molar refractivity (Wildman–Crippen MR) is 122 cm³/mol. The highest BCUT2D eigenvalue weighted by atomic mass is 35.5. The van der Waals surface area contributed by atoms with Crippen molar-refractivity contribution in [1.29, 1.82) is 0 Å². The first-order valence-electron chi connectivity index (χ1n) is 9.40. The Morgan fingerprint density at radius 2 is 1.97 bits per heavy atom. The molecule has 1 aromatic heterocycles. The summed E-state index contributed by atoms with van der Waals surface area (Å²) < 4.78 is 11.4. The van der Waals surface area contributed by atoms with Crippen LogP contribution in [-0.2, 0) is 4.79 Å². The van der Waals surface area contributed by atoms with E-state index in [9.17, 15) is 4.79 Å². The maximum absolute atomic E-state index is 12.3. The summed E-state index contributed by atoms with van der Waals surface area (Å²) in [4.78, 5) is 17.3. The first-order chi connectivity index (χ1) is 14.5. The molecule has 2 heterocycles. The van der Waals surface area contributed by atoms with E-state index in [-0.39, 0.29) is 5.91 Å². The molecule has 0 atom stereocenters. The lowest BCUT2D eigenvalue weighted by Crippen LogP contribution is -2.19. The highest BCUT2D eigenvalue weighted by Crippen LogP contribution is 2.32. The number of thioether (sulfide) groups is 1. The van der Waals surface area contributed by atoms with Crippen molar-refractivity contribution in [2.45, 2.75) is 13.8 Å². The molecule has 7 heteroatoms. The molecule has 2 aromatic carbocycles. The number of hydrogen-bond donors (Lipinski definition) is 1. The molecule has 1 saturated heterocycles. The SMILES string of the molecule is CCOc1ccc(N=C2NC(=O)/C(=C\c3ccc(-c4cc(Cl)ccc4C)o3)S2)cc1. The zero-order chi connectivity index (χ0) is 21.1. The third-order valence-electron chi connectivity index (χ3n) is 4.39. The van der Waals surface area contributed by atoms with E-state index in [2.05, 4.69) is 10.3 Å². The average molecular weight is 439 g/mol. The van der Waals surface area contributed by atoms with Crippen molar-refractivity contribution in [2.24, 2.45) is 4.99 Å². The lowest BCUT2D eigenvalue weighted by atomic mass is 10.1. The van der Waals surface area contributed by atoms with E-state index >= 15 is 0 Å². The van der Waals surface area contributed by atoms with E-state index in [1.54, 1.807) is 6.08 Å².